The Morgan fingerprint density at radius 1 is 1.12 bits per heavy atom. The van der Waals surface area contributed by atoms with Crippen LogP contribution in [0.3, 0.4) is 0 Å². The van der Waals surface area contributed by atoms with E-state index in [2.05, 4.69) is 32.7 Å². The second-order valence-corrected chi connectivity index (χ2v) is 5.32. The van der Waals surface area contributed by atoms with Gasteiger partial charge in [0.15, 0.2) is 5.96 Å². The van der Waals surface area contributed by atoms with E-state index in [-0.39, 0.29) is 24.0 Å². The van der Waals surface area contributed by atoms with Crippen LogP contribution in [-0.2, 0) is 6.42 Å². The number of benzene rings is 1. The maximum absolute atomic E-state index is 5.61. The van der Waals surface area contributed by atoms with Crippen LogP contribution >= 0.6 is 24.0 Å². The van der Waals surface area contributed by atoms with Gasteiger partial charge in [-0.25, -0.2) is 0 Å². The molecule has 0 aliphatic heterocycles. The maximum atomic E-state index is 5.61. The minimum Gasteiger partial charge on any atom is -0.497 e. The number of aromatic nitrogens is 1. The second kappa shape index (κ2) is 13.2. The average Bonchev–Trinajstić information content (AvgIpc) is 2.66. The van der Waals surface area contributed by atoms with E-state index in [1.165, 1.54) is 5.56 Å². The van der Waals surface area contributed by atoms with E-state index in [0.717, 1.165) is 30.4 Å². The summed E-state index contributed by atoms with van der Waals surface area (Å²) < 4.78 is 10.8. The summed E-state index contributed by atoms with van der Waals surface area (Å²) in [6.45, 7) is 4.80. The van der Waals surface area contributed by atoms with Crippen molar-refractivity contribution in [2.75, 3.05) is 33.4 Å². The third-order valence-corrected chi connectivity index (χ3v) is 3.47. The van der Waals surface area contributed by atoms with Crippen molar-refractivity contribution >= 4 is 29.9 Å². The van der Waals surface area contributed by atoms with Crippen molar-refractivity contribution in [3.63, 3.8) is 0 Å². The number of hydrogen-bond acceptors (Lipinski definition) is 4. The molecular weight excluding hydrogens is 443 g/mol. The fourth-order valence-corrected chi connectivity index (χ4v) is 2.20. The lowest BCUT2D eigenvalue weighted by Gasteiger charge is -2.12. The number of rotatable bonds is 9. The van der Waals surface area contributed by atoms with Crippen molar-refractivity contribution in [2.24, 2.45) is 4.99 Å². The summed E-state index contributed by atoms with van der Waals surface area (Å²) in [5, 5.41) is 6.51. The third kappa shape index (κ3) is 8.37. The predicted molar refractivity (Wildman–Crippen MR) is 116 cm³/mol. The van der Waals surface area contributed by atoms with Gasteiger partial charge in [-0.1, -0.05) is 12.1 Å². The van der Waals surface area contributed by atoms with Crippen LogP contribution in [-0.4, -0.2) is 44.3 Å². The molecule has 6 nitrogen and oxygen atoms in total. The predicted octanol–water partition coefficient (Wildman–Crippen LogP) is 2.88. The Morgan fingerprint density at radius 2 is 1.92 bits per heavy atom. The lowest BCUT2D eigenvalue weighted by molar-refractivity contribution is 0.320. The van der Waals surface area contributed by atoms with Gasteiger partial charge < -0.3 is 20.1 Å². The first kappa shape index (κ1) is 22.0. The molecule has 1 heterocycles. The van der Waals surface area contributed by atoms with Crippen molar-refractivity contribution in [3.8, 4) is 11.5 Å². The number of guanidine groups is 1. The molecule has 2 aromatic rings. The van der Waals surface area contributed by atoms with Gasteiger partial charge in [0.05, 0.1) is 19.9 Å². The quantitative estimate of drug-likeness (QED) is 0.256. The SMILES string of the molecule is CCNC(=NCCc1ccc(OC)cc1)NCCOc1cccnc1.I. The first-order valence-electron chi connectivity index (χ1n) is 8.49. The minimum atomic E-state index is 0. The molecule has 0 radical (unpaired) electrons. The molecule has 2 rings (SSSR count). The fraction of sp³-hybridized carbons (Fsp3) is 0.368. The summed E-state index contributed by atoms with van der Waals surface area (Å²) in [5.41, 5.74) is 1.24. The standard InChI is InChI=1S/C19H26N4O2.HI/c1-3-21-19(23-13-14-25-18-5-4-11-20-15-18)22-12-10-16-6-8-17(24-2)9-7-16;/h4-9,11,15H,3,10,12-14H2,1-2H3,(H2,21,22,23);1H. The lowest BCUT2D eigenvalue weighted by atomic mass is 10.1. The molecular formula is C19H27IN4O2. The van der Waals surface area contributed by atoms with Crippen LogP contribution in [0.1, 0.15) is 12.5 Å². The smallest absolute Gasteiger partial charge is 0.191 e. The summed E-state index contributed by atoms with van der Waals surface area (Å²) in [4.78, 5) is 8.61. The molecule has 0 saturated heterocycles. The van der Waals surface area contributed by atoms with E-state index in [1.54, 1.807) is 19.5 Å². The number of hydrogen-bond donors (Lipinski definition) is 2. The van der Waals surface area contributed by atoms with Crippen LogP contribution in [0.2, 0.25) is 0 Å². The molecule has 0 fully saturated rings. The lowest BCUT2D eigenvalue weighted by Crippen LogP contribution is -2.39. The summed E-state index contributed by atoms with van der Waals surface area (Å²) >= 11 is 0. The van der Waals surface area contributed by atoms with Crippen molar-refractivity contribution in [3.05, 3.63) is 54.4 Å². The average molecular weight is 470 g/mol. The molecule has 0 spiro atoms. The van der Waals surface area contributed by atoms with Gasteiger partial charge in [0.2, 0.25) is 0 Å². The van der Waals surface area contributed by atoms with Crippen LogP contribution < -0.4 is 20.1 Å². The van der Waals surface area contributed by atoms with Gasteiger partial charge in [-0.05, 0) is 43.2 Å². The van der Waals surface area contributed by atoms with Crippen molar-refractivity contribution in [1.29, 1.82) is 0 Å². The normalized spacial score (nSPS) is 10.6. The number of pyridine rings is 1. The van der Waals surface area contributed by atoms with Gasteiger partial charge in [-0.2, -0.15) is 0 Å². The highest BCUT2D eigenvalue weighted by Gasteiger charge is 1.99. The van der Waals surface area contributed by atoms with Gasteiger partial charge in [-0.15, -0.1) is 24.0 Å². The molecule has 0 saturated carbocycles. The molecule has 0 amide bonds. The number of halogens is 1. The van der Waals surface area contributed by atoms with E-state index >= 15 is 0 Å². The van der Waals surface area contributed by atoms with Gasteiger partial charge in [0.25, 0.3) is 0 Å². The first-order valence-corrected chi connectivity index (χ1v) is 8.49. The molecule has 7 heteroatoms. The fourth-order valence-electron chi connectivity index (χ4n) is 2.20. The second-order valence-electron chi connectivity index (χ2n) is 5.32. The Morgan fingerprint density at radius 3 is 2.58 bits per heavy atom. The molecule has 26 heavy (non-hydrogen) atoms. The number of ether oxygens (including phenoxy) is 2. The van der Waals surface area contributed by atoms with Crippen LogP contribution in [0.4, 0.5) is 0 Å². The summed E-state index contributed by atoms with van der Waals surface area (Å²) in [6.07, 6.45) is 4.31. The zero-order valence-corrected chi connectivity index (χ0v) is 17.6. The largest absolute Gasteiger partial charge is 0.497 e. The first-order chi connectivity index (χ1) is 12.3. The molecule has 0 aliphatic rings. The highest BCUT2D eigenvalue weighted by molar-refractivity contribution is 14.0. The van der Waals surface area contributed by atoms with E-state index in [0.29, 0.717) is 19.7 Å². The van der Waals surface area contributed by atoms with Crippen LogP contribution in [0.25, 0.3) is 0 Å². The van der Waals surface area contributed by atoms with E-state index in [1.807, 2.05) is 31.2 Å². The maximum Gasteiger partial charge on any atom is 0.191 e. The Balaban J connectivity index is 0.00000338. The molecule has 1 aromatic heterocycles. The van der Waals surface area contributed by atoms with Gasteiger partial charge >= 0.3 is 0 Å². The molecule has 0 bridgehead atoms. The highest BCUT2D eigenvalue weighted by Crippen LogP contribution is 2.11. The summed E-state index contributed by atoms with van der Waals surface area (Å²) in [5.74, 6) is 2.44. The van der Waals surface area contributed by atoms with Crippen LogP contribution in [0.15, 0.2) is 53.8 Å². The number of methoxy groups -OCH3 is 1. The number of nitrogens with zero attached hydrogens (tertiary/aromatic N) is 2. The molecule has 0 atom stereocenters. The van der Waals surface area contributed by atoms with Crippen molar-refractivity contribution < 1.29 is 9.47 Å². The minimum absolute atomic E-state index is 0. The topological polar surface area (TPSA) is 67.8 Å². The van der Waals surface area contributed by atoms with E-state index in [9.17, 15) is 0 Å². The van der Waals surface area contributed by atoms with Gasteiger partial charge in [-0.3, -0.25) is 9.98 Å². The Bertz CT molecular complexity index is 636. The molecule has 0 aliphatic carbocycles. The Hall–Kier alpha value is -2.03. The van der Waals surface area contributed by atoms with Gasteiger partial charge in [0.1, 0.15) is 18.1 Å². The molecule has 0 unspecified atom stereocenters. The highest BCUT2D eigenvalue weighted by atomic mass is 127. The van der Waals surface area contributed by atoms with Crippen molar-refractivity contribution in [1.82, 2.24) is 15.6 Å². The summed E-state index contributed by atoms with van der Waals surface area (Å²) in [7, 11) is 1.67. The zero-order valence-electron chi connectivity index (χ0n) is 15.3. The Kier molecular flexibility index (Phi) is 11.2. The molecule has 2 N–H and O–H groups in total. The molecule has 142 valence electrons. The monoisotopic (exact) mass is 470 g/mol. The van der Waals surface area contributed by atoms with E-state index in [4.69, 9.17) is 9.47 Å². The van der Waals surface area contributed by atoms with Crippen LogP contribution in [0, 0.1) is 0 Å². The number of aliphatic imine (C=N–C) groups is 1. The van der Waals surface area contributed by atoms with Crippen molar-refractivity contribution in [2.45, 2.75) is 13.3 Å². The molecule has 1 aromatic carbocycles. The number of nitrogens with one attached hydrogen (secondary N) is 2. The van der Waals surface area contributed by atoms with Gasteiger partial charge in [0, 0.05) is 19.3 Å². The zero-order chi connectivity index (χ0) is 17.7. The third-order valence-electron chi connectivity index (χ3n) is 3.47. The summed E-state index contributed by atoms with van der Waals surface area (Å²) in [6, 6.07) is 11.8. The van der Waals surface area contributed by atoms with E-state index < -0.39 is 0 Å². The van der Waals surface area contributed by atoms with Crippen LogP contribution in [0.5, 0.6) is 11.5 Å². The Labute approximate surface area is 172 Å².